The molecule has 152 valence electrons. The molecule has 1 saturated heterocycles. The average Bonchev–Trinajstić information content (AvgIpc) is 3.21. The second-order valence-corrected chi connectivity index (χ2v) is 7.99. The van der Waals surface area contributed by atoms with Crippen LogP contribution in [0.25, 0.3) is 0 Å². The van der Waals surface area contributed by atoms with E-state index in [0.29, 0.717) is 18.9 Å². The molecular weight excluding hydrogens is 358 g/mol. The fraction of sp³-hybridized carbons (Fsp3) is 0.440. The van der Waals surface area contributed by atoms with E-state index in [-0.39, 0.29) is 11.9 Å². The number of hydrogen-bond donors (Lipinski definition) is 1. The summed E-state index contributed by atoms with van der Waals surface area (Å²) in [5, 5.41) is 12.7. The number of amides is 1. The van der Waals surface area contributed by atoms with Crippen LogP contribution >= 0.6 is 0 Å². The average molecular weight is 390 g/mol. The van der Waals surface area contributed by atoms with Gasteiger partial charge in [-0.05, 0) is 43.7 Å². The second kappa shape index (κ2) is 10.8. The van der Waals surface area contributed by atoms with Gasteiger partial charge in [-0.25, -0.2) is 0 Å². The monoisotopic (exact) mass is 389 g/mol. The lowest BCUT2D eigenvalue weighted by atomic mass is 9.99. The minimum atomic E-state index is 0.230. The van der Waals surface area contributed by atoms with E-state index in [1.54, 1.807) is 0 Å². The summed E-state index contributed by atoms with van der Waals surface area (Å²) in [5.41, 5.74) is 3.73. The molecule has 0 radical (unpaired) electrons. The Kier molecular flexibility index (Phi) is 7.84. The van der Waals surface area contributed by atoms with Crippen molar-refractivity contribution in [2.75, 3.05) is 13.1 Å². The number of likely N-dealkylation sites (tertiary alicyclic amines) is 1. The number of carbonyl (C=O) groups excluding carboxylic acids is 1. The third-order valence-corrected chi connectivity index (χ3v) is 5.71. The molecule has 0 saturated carbocycles. The van der Waals surface area contributed by atoms with E-state index in [1.807, 2.05) is 23.1 Å². The Bertz CT molecular complexity index is 810. The Morgan fingerprint density at radius 1 is 1.21 bits per heavy atom. The number of hydrogen-bond acceptors (Lipinski definition) is 3. The molecular formula is C25H31N3O. The fourth-order valence-electron chi connectivity index (χ4n) is 3.99. The second-order valence-electron chi connectivity index (χ2n) is 7.99. The molecule has 1 aliphatic heterocycles. The van der Waals surface area contributed by atoms with Crippen LogP contribution in [0.2, 0.25) is 0 Å². The van der Waals surface area contributed by atoms with Gasteiger partial charge < -0.3 is 10.2 Å². The van der Waals surface area contributed by atoms with Gasteiger partial charge in [0.2, 0.25) is 5.91 Å². The van der Waals surface area contributed by atoms with Crippen molar-refractivity contribution in [3.8, 4) is 6.07 Å². The van der Waals surface area contributed by atoms with Gasteiger partial charge in [-0.3, -0.25) is 4.79 Å². The van der Waals surface area contributed by atoms with Crippen LogP contribution in [0, 0.1) is 18.3 Å². The highest BCUT2D eigenvalue weighted by Crippen LogP contribution is 2.23. The van der Waals surface area contributed by atoms with Gasteiger partial charge in [-0.15, -0.1) is 0 Å². The summed E-state index contributed by atoms with van der Waals surface area (Å²) in [6.45, 7) is 3.69. The van der Waals surface area contributed by atoms with Crippen molar-refractivity contribution in [3.63, 3.8) is 0 Å². The maximum atomic E-state index is 12.6. The summed E-state index contributed by atoms with van der Waals surface area (Å²) < 4.78 is 0. The van der Waals surface area contributed by atoms with E-state index in [1.165, 1.54) is 16.7 Å². The van der Waals surface area contributed by atoms with E-state index in [0.717, 1.165) is 38.8 Å². The molecule has 0 aromatic heterocycles. The Balaban J connectivity index is 1.53. The first-order chi connectivity index (χ1) is 14.2. The van der Waals surface area contributed by atoms with Gasteiger partial charge in [0.05, 0.1) is 6.07 Å². The molecule has 1 aliphatic rings. The zero-order valence-electron chi connectivity index (χ0n) is 17.3. The number of nitrogens with one attached hydrogen (secondary N) is 1. The van der Waals surface area contributed by atoms with Crippen molar-refractivity contribution >= 4 is 5.91 Å². The summed E-state index contributed by atoms with van der Waals surface area (Å²) >= 11 is 0. The number of aryl methyl sites for hydroxylation is 2. The van der Waals surface area contributed by atoms with Crippen molar-refractivity contribution in [1.29, 1.82) is 5.26 Å². The van der Waals surface area contributed by atoms with Crippen molar-refractivity contribution in [1.82, 2.24) is 10.2 Å². The van der Waals surface area contributed by atoms with Gasteiger partial charge in [0, 0.05) is 38.0 Å². The van der Waals surface area contributed by atoms with Crippen LogP contribution in [-0.2, 0) is 11.2 Å². The fourth-order valence-corrected chi connectivity index (χ4v) is 3.99. The molecule has 2 aromatic rings. The first-order valence-electron chi connectivity index (χ1n) is 10.7. The van der Waals surface area contributed by atoms with Gasteiger partial charge in [0.15, 0.2) is 0 Å². The lowest BCUT2D eigenvalue weighted by Crippen LogP contribution is -2.37. The molecule has 1 heterocycles. The van der Waals surface area contributed by atoms with E-state index in [9.17, 15) is 4.79 Å². The smallest absolute Gasteiger partial charge is 0.222 e. The third-order valence-electron chi connectivity index (χ3n) is 5.71. The van der Waals surface area contributed by atoms with Crippen molar-refractivity contribution < 1.29 is 4.79 Å². The van der Waals surface area contributed by atoms with E-state index in [2.05, 4.69) is 54.7 Å². The van der Waals surface area contributed by atoms with Crippen LogP contribution < -0.4 is 5.32 Å². The number of nitriles is 1. The molecule has 0 bridgehead atoms. The number of rotatable bonds is 9. The van der Waals surface area contributed by atoms with Crippen LogP contribution in [0.4, 0.5) is 0 Å². The van der Waals surface area contributed by atoms with Gasteiger partial charge in [0.1, 0.15) is 0 Å². The van der Waals surface area contributed by atoms with Crippen molar-refractivity contribution in [2.24, 2.45) is 0 Å². The predicted octanol–water partition coefficient (Wildman–Crippen LogP) is 4.55. The Morgan fingerprint density at radius 3 is 2.69 bits per heavy atom. The predicted molar refractivity (Wildman–Crippen MR) is 116 cm³/mol. The Labute approximate surface area is 174 Å². The number of nitrogens with zero attached hydrogens (tertiary/aromatic N) is 2. The molecule has 29 heavy (non-hydrogen) atoms. The maximum Gasteiger partial charge on any atom is 0.222 e. The summed E-state index contributed by atoms with van der Waals surface area (Å²) in [4.78, 5) is 14.6. The zero-order chi connectivity index (χ0) is 20.5. The lowest BCUT2D eigenvalue weighted by molar-refractivity contribution is -0.130. The van der Waals surface area contributed by atoms with Crippen LogP contribution in [-0.4, -0.2) is 29.9 Å². The molecule has 4 heteroatoms. The van der Waals surface area contributed by atoms with Gasteiger partial charge in [-0.1, -0.05) is 60.2 Å². The summed E-state index contributed by atoms with van der Waals surface area (Å²) in [7, 11) is 0. The van der Waals surface area contributed by atoms with Crippen LogP contribution in [0.1, 0.15) is 54.8 Å². The third kappa shape index (κ3) is 6.44. The van der Waals surface area contributed by atoms with Crippen LogP contribution in [0.15, 0.2) is 54.6 Å². The highest BCUT2D eigenvalue weighted by atomic mass is 16.2. The molecule has 2 unspecified atom stereocenters. The first-order valence-corrected chi connectivity index (χ1v) is 10.7. The molecule has 1 fully saturated rings. The topological polar surface area (TPSA) is 56.1 Å². The molecule has 1 N–H and O–H groups in total. The first kappa shape index (κ1) is 21.1. The standard InChI is InChI=1S/C25H31N3O/c1-20-10-13-22(14-11-20)24(9-5-6-17-26)27-23-16-18-28(19-23)25(29)15-12-21-7-3-2-4-8-21/h2-4,7-8,10-11,13-14,23-24,27H,5-6,9,12,15-16,18-19H2,1H3. The zero-order valence-corrected chi connectivity index (χ0v) is 17.3. The normalized spacial score (nSPS) is 17.1. The highest BCUT2D eigenvalue weighted by molar-refractivity contribution is 5.76. The highest BCUT2D eigenvalue weighted by Gasteiger charge is 2.27. The van der Waals surface area contributed by atoms with Crippen LogP contribution in [0.5, 0.6) is 0 Å². The van der Waals surface area contributed by atoms with Gasteiger partial charge >= 0.3 is 0 Å². The Morgan fingerprint density at radius 2 is 1.97 bits per heavy atom. The molecule has 4 nitrogen and oxygen atoms in total. The molecule has 0 spiro atoms. The quantitative estimate of drug-likeness (QED) is 0.640. The minimum Gasteiger partial charge on any atom is -0.341 e. The molecule has 3 rings (SSSR count). The SMILES string of the molecule is Cc1ccc(C(CCCC#N)NC2CCN(C(=O)CCc3ccccc3)C2)cc1. The molecule has 2 atom stereocenters. The van der Waals surface area contributed by atoms with E-state index in [4.69, 9.17) is 5.26 Å². The minimum absolute atomic E-state index is 0.230. The van der Waals surface area contributed by atoms with Crippen LogP contribution in [0.3, 0.4) is 0 Å². The maximum absolute atomic E-state index is 12.6. The number of unbranched alkanes of at least 4 members (excludes halogenated alkanes) is 1. The van der Waals surface area contributed by atoms with Gasteiger partial charge in [0.25, 0.3) is 0 Å². The van der Waals surface area contributed by atoms with Crippen molar-refractivity contribution in [3.05, 3.63) is 71.3 Å². The molecule has 0 aliphatic carbocycles. The largest absolute Gasteiger partial charge is 0.341 e. The molecule has 2 aromatic carbocycles. The summed E-state index contributed by atoms with van der Waals surface area (Å²) in [5.74, 6) is 0.245. The number of benzene rings is 2. The lowest BCUT2D eigenvalue weighted by Gasteiger charge is -2.24. The van der Waals surface area contributed by atoms with Gasteiger partial charge in [-0.2, -0.15) is 5.26 Å². The van der Waals surface area contributed by atoms with E-state index >= 15 is 0 Å². The number of carbonyl (C=O) groups is 1. The summed E-state index contributed by atoms with van der Waals surface area (Å²) in [6, 6.07) is 21.6. The Hall–Kier alpha value is -2.64. The van der Waals surface area contributed by atoms with E-state index < -0.39 is 0 Å². The molecule has 1 amide bonds. The van der Waals surface area contributed by atoms with Crippen molar-refractivity contribution in [2.45, 2.75) is 57.5 Å². The summed E-state index contributed by atoms with van der Waals surface area (Å²) in [6.07, 6.45) is 4.76.